The lowest BCUT2D eigenvalue weighted by Crippen LogP contribution is -2.39. The van der Waals surface area contributed by atoms with Gasteiger partial charge in [0.05, 0.1) is 0 Å². The van der Waals surface area contributed by atoms with E-state index >= 15 is 0 Å². The maximum absolute atomic E-state index is 5.09. The maximum Gasteiger partial charge on any atom is 0.168 e. The number of thiocarbonyl (C=S) groups is 1. The van der Waals surface area contributed by atoms with Crippen LogP contribution in [0.1, 0.15) is 20.8 Å². The number of rotatable bonds is 3. The SMILES string of the molecule is CCNC(=S)N(CC)CC.O. The van der Waals surface area contributed by atoms with Gasteiger partial charge in [-0.05, 0) is 33.0 Å². The zero-order chi connectivity index (χ0) is 7.98. The Morgan fingerprint density at radius 1 is 1.27 bits per heavy atom. The van der Waals surface area contributed by atoms with Gasteiger partial charge in [0.15, 0.2) is 5.11 Å². The fourth-order valence-corrected chi connectivity index (χ4v) is 1.18. The van der Waals surface area contributed by atoms with Crippen LogP contribution in [-0.2, 0) is 0 Å². The zero-order valence-corrected chi connectivity index (χ0v) is 8.29. The van der Waals surface area contributed by atoms with Crippen LogP contribution in [0, 0.1) is 0 Å². The first-order valence-corrected chi connectivity index (χ1v) is 4.19. The molecule has 11 heavy (non-hydrogen) atoms. The highest BCUT2D eigenvalue weighted by atomic mass is 32.1. The fraction of sp³-hybridized carbons (Fsp3) is 0.857. The van der Waals surface area contributed by atoms with Crippen LogP contribution in [0.2, 0.25) is 0 Å². The summed E-state index contributed by atoms with van der Waals surface area (Å²) < 4.78 is 0. The largest absolute Gasteiger partial charge is 0.412 e. The van der Waals surface area contributed by atoms with Crippen molar-refractivity contribution in [3.8, 4) is 0 Å². The van der Waals surface area contributed by atoms with Crippen molar-refractivity contribution in [1.29, 1.82) is 0 Å². The monoisotopic (exact) mass is 178 g/mol. The van der Waals surface area contributed by atoms with E-state index in [1.807, 2.05) is 0 Å². The molecule has 0 aromatic carbocycles. The first-order chi connectivity index (χ1) is 4.76. The highest BCUT2D eigenvalue weighted by Crippen LogP contribution is 1.87. The van der Waals surface area contributed by atoms with Crippen LogP contribution < -0.4 is 5.32 Å². The second-order valence-corrected chi connectivity index (χ2v) is 2.39. The van der Waals surface area contributed by atoms with E-state index in [4.69, 9.17) is 12.2 Å². The second kappa shape index (κ2) is 7.75. The minimum atomic E-state index is 0. The molecule has 0 saturated heterocycles. The molecule has 68 valence electrons. The van der Waals surface area contributed by atoms with Crippen molar-refractivity contribution in [3.63, 3.8) is 0 Å². The quantitative estimate of drug-likeness (QED) is 0.636. The van der Waals surface area contributed by atoms with Crippen molar-refractivity contribution in [2.45, 2.75) is 20.8 Å². The normalized spacial score (nSPS) is 8.27. The number of hydrogen-bond acceptors (Lipinski definition) is 1. The van der Waals surface area contributed by atoms with Crippen LogP contribution in [0.25, 0.3) is 0 Å². The Balaban J connectivity index is 0. The predicted octanol–water partition coefficient (Wildman–Crippen LogP) is 0.398. The van der Waals surface area contributed by atoms with Crippen LogP contribution in [0.15, 0.2) is 0 Å². The molecule has 0 aliphatic heterocycles. The van der Waals surface area contributed by atoms with Crippen LogP contribution >= 0.6 is 12.2 Å². The van der Waals surface area contributed by atoms with Crippen molar-refractivity contribution < 1.29 is 5.48 Å². The third-order valence-corrected chi connectivity index (χ3v) is 1.78. The average Bonchev–Trinajstić information content (AvgIpc) is 1.91. The topological polar surface area (TPSA) is 46.8 Å². The molecule has 0 heterocycles. The number of hydrogen-bond donors (Lipinski definition) is 1. The molecule has 0 radical (unpaired) electrons. The second-order valence-electron chi connectivity index (χ2n) is 2.01. The Morgan fingerprint density at radius 3 is 2.00 bits per heavy atom. The Labute approximate surface area is 74.1 Å². The molecular formula is C7H18N2OS. The van der Waals surface area contributed by atoms with E-state index in [-0.39, 0.29) is 5.48 Å². The molecule has 0 rings (SSSR count). The summed E-state index contributed by atoms with van der Waals surface area (Å²) in [5.41, 5.74) is 0. The third kappa shape index (κ3) is 4.98. The van der Waals surface area contributed by atoms with Crippen LogP contribution in [-0.4, -0.2) is 35.1 Å². The van der Waals surface area contributed by atoms with Gasteiger partial charge in [-0.3, -0.25) is 0 Å². The van der Waals surface area contributed by atoms with Crippen LogP contribution in [0.4, 0.5) is 0 Å². The molecule has 0 fully saturated rings. The van der Waals surface area contributed by atoms with Crippen molar-refractivity contribution in [2.24, 2.45) is 0 Å². The molecule has 4 heteroatoms. The standard InChI is InChI=1S/C7H16N2S.H2O/c1-4-8-7(10)9(5-2)6-3;/h4-6H2,1-3H3,(H,8,10);1H2. The van der Waals surface area contributed by atoms with Gasteiger partial charge < -0.3 is 15.7 Å². The third-order valence-electron chi connectivity index (χ3n) is 1.38. The molecule has 0 aromatic rings. The van der Waals surface area contributed by atoms with Gasteiger partial charge in [0, 0.05) is 19.6 Å². The highest BCUT2D eigenvalue weighted by Gasteiger charge is 2.00. The van der Waals surface area contributed by atoms with Crippen molar-refractivity contribution in [3.05, 3.63) is 0 Å². The molecule has 3 N–H and O–H groups in total. The summed E-state index contributed by atoms with van der Waals surface area (Å²) in [6.45, 7) is 9.15. The smallest absolute Gasteiger partial charge is 0.168 e. The molecule has 0 aromatic heterocycles. The summed E-state index contributed by atoms with van der Waals surface area (Å²) in [7, 11) is 0. The van der Waals surface area contributed by atoms with E-state index in [0.717, 1.165) is 24.7 Å². The van der Waals surface area contributed by atoms with E-state index in [1.165, 1.54) is 0 Å². The Morgan fingerprint density at radius 2 is 1.73 bits per heavy atom. The highest BCUT2D eigenvalue weighted by molar-refractivity contribution is 7.80. The van der Waals surface area contributed by atoms with E-state index in [9.17, 15) is 0 Å². The predicted molar refractivity (Wildman–Crippen MR) is 52.8 cm³/mol. The van der Waals surface area contributed by atoms with Crippen LogP contribution in [0.5, 0.6) is 0 Å². The van der Waals surface area contributed by atoms with E-state index in [2.05, 4.69) is 31.0 Å². The van der Waals surface area contributed by atoms with Gasteiger partial charge in [0.2, 0.25) is 0 Å². The molecule has 0 bridgehead atoms. The molecule has 3 nitrogen and oxygen atoms in total. The lowest BCUT2D eigenvalue weighted by Gasteiger charge is -2.21. The first-order valence-electron chi connectivity index (χ1n) is 3.79. The minimum Gasteiger partial charge on any atom is -0.412 e. The van der Waals surface area contributed by atoms with E-state index < -0.39 is 0 Å². The van der Waals surface area contributed by atoms with Gasteiger partial charge >= 0.3 is 0 Å². The van der Waals surface area contributed by atoms with Crippen LogP contribution in [0.3, 0.4) is 0 Å². The summed E-state index contributed by atoms with van der Waals surface area (Å²) in [5, 5.41) is 3.97. The molecule has 0 unspecified atom stereocenters. The summed E-state index contributed by atoms with van der Waals surface area (Å²) in [6, 6.07) is 0. The van der Waals surface area contributed by atoms with Crippen molar-refractivity contribution in [2.75, 3.05) is 19.6 Å². The van der Waals surface area contributed by atoms with Gasteiger partial charge in [0.25, 0.3) is 0 Å². The number of nitrogens with zero attached hydrogens (tertiary/aromatic N) is 1. The van der Waals surface area contributed by atoms with Gasteiger partial charge in [-0.25, -0.2) is 0 Å². The van der Waals surface area contributed by atoms with Gasteiger partial charge in [-0.15, -0.1) is 0 Å². The molecular weight excluding hydrogens is 160 g/mol. The van der Waals surface area contributed by atoms with Gasteiger partial charge in [0.1, 0.15) is 0 Å². The lowest BCUT2D eigenvalue weighted by atomic mass is 10.5. The zero-order valence-electron chi connectivity index (χ0n) is 7.48. The lowest BCUT2D eigenvalue weighted by molar-refractivity contribution is 0.457. The first kappa shape index (κ1) is 13.3. The van der Waals surface area contributed by atoms with Crippen molar-refractivity contribution in [1.82, 2.24) is 10.2 Å². The summed E-state index contributed by atoms with van der Waals surface area (Å²) in [6.07, 6.45) is 0. The molecule has 0 aliphatic rings. The van der Waals surface area contributed by atoms with Gasteiger partial charge in [-0.2, -0.15) is 0 Å². The Bertz CT molecular complexity index is 105. The molecule has 0 saturated carbocycles. The Hall–Kier alpha value is -0.350. The average molecular weight is 178 g/mol. The summed E-state index contributed by atoms with van der Waals surface area (Å²) in [5.74, 6) is 0. The van der Waals surface area contributed by atoms with Gasteiger partial charge in [-0.1, -0.05) is 0 Å². The summed E-state index contributed by atoms with van der Waals surface area (Å²) >= 11 is 5.09. The molecule has 0 amide bonds. The van der Waals surface area contributed by atoms with E-state index in [1.54, 1.807) is 0 Å². The Kier molecular flexibility index (Phi) is 9.34. The number of nitrogens with one attached hydrogen (secondary N) is 1. The fourth-order valence-electron chi connectivity index (χ4n) is 0.774. The minimum absolute atomic E-state index is 0. The molecule has 0 atom stereocenters. The molecule has 0 aliphatic carbocycles. The molecule has 0 spiro atoms. The van der Waals surface area contributed by atoms with E-state index in [0.29, 0.717) is 0 Å². The maximum atomic E-state index is 5.09. The van der Waals surface area contributed by atoms with Crippen molar-refractivity contribution >= 4 is 17.3 Å². The summed E-state index contributed by atoms with van der Waals surface area (Å²) in [4.78, 5) is 2.12.